The van der Waals surface area contributed by atoms with Gasteiger partial charge in [-0.05, 0) is 49.4 Å². The number of carbonyl (C=O) groups excluding carboxylic acids is 2. The fourth-order valence-electron chi connectivity index (χ4n) is 2.43. The van der Waals surface area contributed by atoms with Crippen molar-refractivity contribution in [3.63, 3.8) is 0 Å². The summed E-state index contributed by atoms with van der Waals surface area (Å²) in [4.78, 5) is 30.5. The fourth-order valence-corrected chi connectivity index (χ4v) is 2.43. The van der Waals surface area contributed by atoms with Gasteiger partial charge in [0, 0.05) is 12.7 Å². The van der Waals surface area contributed by atoms with Gasteiger partial charge in [-0.25, -0.2) is 9.18 Å². The summed E-state index contributed by atoms with van der Waals surface area (Å²) in [6, 6.07) is 11.0. The van der Waals surface area contributed by atoms with E-state index >= 15 is 0 Å². The average molecular weight is 371 g/mol. The van der Waals surface area contributed by atoms with Crippen LogP contribution in [0.25, 0.3) is 11.0 Å². The maximum absolute atomic E-state index is 14.1. The second kappa shape index (κ2) is 7.02. The molecule has 3 rings (SSSR count). The number of benzene rings is 2. The highest BCUT2D eigenvalue weighted by molar-refractivity contribution is 5.94. The van der Waals surface area contributed by atoms with Crippen LogP contribution >= 0.6 is 0 Å². The van der Waals surface area contributed by atoms with E-state index in [1.165, 1.54) is 19.2 Å². The number of para-hydroxylation sites is 1. The highest BCUT2D eigenvalue weighted by Gasteiger charge is 2.31. The number of aromatic nitrogens is 3. The van der Waals surface area contributed by atoms with Crippen molar-refractivity contribution in [2.45, 2.75) is 19.4 Å². The zero-order valence-electron chi connectivity index (χ0n) is 15.0. The van der Waals surface area contributed by atoms with Crippen molar-refractivity contribution < 1.29 is 18.8 Å². The molecule has 1 heterocycles. The lowest BCUT2D eigenvalue weighted by Crippen LogP contribution is -2.45. The number of rotatable bonds is 5. The number of nitrogens with one attached hydrogen (secondary N) is 2. The van der Waals surface area contributed by atoms with Crippen molar-refractivity contribution >= 4 is 28.6 Å². The van der Waals surface area contributed by atoms with E-state index in [0.29, 0.717) is 16.7 Å². The minimum Gasteiger partial charge on any atom is -0.370 e. The van der Waals surface area contributed by atoms with Crippen molar-refractivity contribution in [2.75, 3.05) is 12.4 Å². The topological polar surface area (TPSA) is 98.1 Å². The van der Waals surface area contributed by atoms with Gasteiger partial charge in [0.25, 0.3) is 5.91 Å². The molecular formula is C18H18FN5O3. The molecule has 27 heavy (non-hydrogen) atoms. The standard InChI is InChI=1S/C18H18FN5O3/c1-18(2,21-11-8-9-12(13(19)10-11)16(25)20-3)17(26)27-24-15-7-5-4-6-14(15)22-23-24/h4-10,21H,1-3H3,(H,20,25). The smallest absolute Gasteiger partial charge is 0.359 e. The maximum atomic E-state index is 14.1. The SMILES string of the molecule is CNC(=O)c1ccc(NC(C)(C)C(=O)On2nnc3ccccc32)cc1F. The molecule has 2 aromatic carbocycles. The molecule has 140 valence electrons. The Morgan fingerprint density at radius 3 is 2.63 bits per heavy atom. The van der Waals surface area contributed by atoms with Gasteiger partial charge in [-0.2, -0.15) is 0 Å². The van der Waals surface area contributed by atoms with E-state index in [4.69, 9.17) is 4.84 Å². The van der Waals surface area contributed by atoms with E-state index in [2.05, 4.69) is 20.9 Å². The summed E-state index contributed by atoms with van der Waals surface area (Å²) in [6.07, 6.45) is 0. The Kier molecular flexibility index (Phi) is 4.76. The third-order valence-electron chi connectivity index (χ3n) is 3.90. The molecule has 0 aliphatic heterocycles. The van der Waals surface area contributed by atoms with Crippen LogP contribution in [0, 0.1) is 5.82 Å². The van der Waals surface area contributed by atoms with Gasteiger partial charge in [0.1, 0.15) is 22.4 Å². The van der Waals surface area contributed by atoms with E-state index in [1.54, 1.807) is 38.1 Å². The number of hydrogen-bond donors (Lipinski definition) is 2. The van der Waals surface area contributed by atoms with E-state index in [9.17, 15) is 14.0 Å². The monoisotopic (exact) mass is 371 g/mol. The van der Waals surface area contributed by atoms with Gasteiger partial charge in [0.15, 0.2) is 0 Å². The molecule has 0 unspecified atom stereocenters. The van der Waals surface area contributed by atoms with E-state index in [1.807, 2.05) is 0 Å². The van der Waals surface area contributed by atoms with E-state index in [0.717, 1.165) is 10.9 Å². The van der Waals surface area contributed by atoms with Crippen molar-refractivity contribution in [2.24, 2.45) is 0 Å². The molecule has 1 amide bonds. The normalized spacial score (nSPS) is 11.3. The fraction of sp³-hybridized carbons (Fsp3) is 0.222. The van der Waals surface area contributed by atoms with Gasteiger partial charge in [-0.3, -0.25) is 4.79 Å². The first-order valence-electron chi connectivity index (χ1n) is 8.15. The predicted molar refractivity (Wildman–Crippen MR) is 96.6 cm³/mol. The zero-order chi connectivity index (χ0) is 19.6. The molecule has 1 aromatic heterocycles. The predicted octanol–water partition coefficient (Wildman–Crippen LogP) is 1.78. The minimum atomic E-state index is -1.20. The molecule has 0 fully saturated rings. The first-order chi connectivity index (χ1) is 12.8. The quantitative estimate of drug-likeness (QED) is 0.664. The molecule has 0 saturated heterocycles. The van der Waals surface area contributed by atoms with Gasteiger partial charge in [0.2, 0.25) is 0 Å². The largest absolute Gasteiger partial charge is 0.370 e. The van der Waals surface area contributed by atoms with Gasteiger partial charge in [0.05, 0.1) is 5.56 Å². The molecular weight excluding hydrogens is 353 g/mol. The van der Waals surface area contributed by atoms with Crippen LogP contribution in [0.2, 0.25) is 0 Å². The molecule has 2 N–H and O–H groups in total. The third-order valence-corrected chi connectivity index (χ3v) is 3.90. The molecule has 0 saturated carbocycles. The first kappa shape index (κ1) is 18.3. The lowest BCUT2D eigenvalue weighted by atomic mass is 10.0. The van der Waals surface area contributed by atoms with Crippen LogP contribution in [0.1, 0.15) is 24.2 Å². The molecule has 0 spiro atoms. The minimum absolute atomic E-state index is 0.0856. The summed E-state index contributed by atoms with van der Waals surface area (Å²) < 4.78 is 14.1. The Labute approximate surface area is 154 Å². The molecule has 0 radical (unpaired) electrons. The molecule has 0 aliphatic rings. The Morgan fingerprint density at radius 1 is 1.19 bits per heavy atom. The summed E-state index contributed by atoms with van der Waals surface area (Å²) in [5.41, 5.74) is 0.169. The summed E-state index contributed by atoms with van der Waals surface area (Å²) in [7, 11) is 1.42. The molecule has 0 aliphatic carbocycles. The van der Waals surface area contributed by atoms with Crippen molar-refractivity contribution in [3.05, 3.63) is 53.8 Å². The van der Waals surface area contributed by atoms with Crippen LogP contribution in [-0.2, 0) is 4.79 Å². The second-order valence-electron chi connectivity index (χ2n) is 6.35. The van der Waals surface area contributed by atoms with Crippen molar-refractivity contribution in [1.82, 2.24) is 20.5 Å². The molecule has 0 bridgehead atoms. The molecule has 0 atom stereocenters. The van der Waals surface area contributed by atoms with Crippen LogP contribution in [0.15, 0.2) is 42.5 Å². The molecule has 9 heteroatoms. The van der Waals surface area contributed by atoms with Crippen LogP contribution in [0.3, 0.4) is 0 Å². The highest BCUT2D eigenvalue weighted by Crippen LogP contribution is 2.20. The van der Waals surface area contributed by atoms with Gasteiger partial charge >= 0.3 is 5.97 Å². The Bertz CT molecular complexity index is 1020. The molecule has 3 aromatic rings. The second-order valence-corrected chi connectivity index (χ2v) is 6.35. The number of nitrogens with zero attached hydrogens (tertiary/aromatic N) is 3. The number of halogens is 1. The first-order valence-corrected chi connectivity index (χ1v) is 8.15. The van der Waals surface area contributed by atoms with Crippen LogP contribution in [0.5, 0.6) is 0 Å². The number of hydrogen-bond acceptors (Lipinski definition) is 6. The number of anilines is 1. The Hall–Kier alpha value is -3.49. The molecule has 8 nitrogen and oxygen atoms in total. The average Bonchev–Trinajstić information content (AvgIpc) is 3.04. The summed E-state index contributed by atoms with van der Waals surface area (Å²) in [5, 5.41) is 13.0. The lowest BCUT2D eigenvalue weighted by Gasteiger charge is -2.24. The van der Waals surface area contributed by atoms with Gasteiger partial charge in [-0.15, -0.1) is 5.10 Å². The van der Waals surface area contributed by atoms with Crippen molar-refractivity contribution in [1.29, 1.82) is 0 Å². The van der Waals surface area contributed by atoms with Crippen LogP contribution in [0.4, 0.5) is 10.1 Å². The Morgan fingerprint density at radius 2 is 1.93 bits per heavy atom. The zero-order valence-corrected chi connectivity index (χ0v) is 15.0. The van der Waals surface area contributed by atoms with E-state index in [-0.39, 0.29) is 5.56 Å². The van der Waals surface area contributed by atoms with Gasteiger partial charge in [-0.1, -0.05) is 17.0 Å². The summed E-state index contributed by atoms with van der Waals surface area (Å²) in [6.45, 7) is 3.16. The summed E-state index contributed by atoms with van der Waals surface area (Å²) >= 11 is 0. The Balaban J connectivity index is 1.76. The van der Waals surface area contributed by atoms with Crippen LogP contribution < -0.4 is 15.5 Å². The van der Waals surface area contributed by atoms with Crippen molar-refractivity contribution in [3.8, 4) is 0 Å². The number of amides is 1. The van der Waals surface area contributed by atoms with Crippen LogP contribution in [-0.4, -0.2) is 39.6 Å². The third kappa shape index (κ3) is 3.71. The highest BCUT2D eigenvalue weighted by atomic mass is 19.1. The summed E-state index contributed by atoms with van der Waals surface area (Å²) in [5.74, 6) is -1.88. The number of fused-ring (bicyclic) bond motifs is 1. The number of carbonyl (C=O) groups is 2. The lowest BCUT2D eigenvalue weighted by molar-refractivity contribution is -0.149. The van der Waals surface area contributed by atoms with Gasteiger partial charge < -0.3 is 15.5 Å². The van der Waals surface area contributed by atoms with E-state index < -0.39 is 23.2 Å². The maximum Gasteiger partial charge on any atom is 0.359 e.